The molecule has 1 amide bonds. The minimum absolute atomic E-state index is 0.156. The third-order valence-electron chi connectivity index (χ3n) is 3.98. The largest absolute Gasteiger partial charge is 0.469 e. The van der Waals surface area contributed by atoms with Crippen LogP contribution in [0, 0.1) is 11.7 Å². The molecule has 0 spiro atoms. The van der Waals surface area contributed by atoms with Crippen LogP contribution in [0.25, 0.3) is 6.08 Å². The smallest absolute Gasteiger partial charge is 0.310 e. The van der Waals surface area contributed by atoms with E-state index in [1.165, 1.54) is 25.3 Å². The van der Waals surface area contributed by atoms with Crippen molar-refractivity contribution in [3.05, 3.63) is 41.7 Å². The van der Waals surface area contributed by atoms with E-state index in [2.05, 4.69) is 6.92 Å². The monoisotopic (exact) mass is 349 g/mol. The summed E-state index contributed by atoms with van der Waals surface area (Å²) in [5.74, 6) is -1.17. The SMILES string of the molecule is CCCCCCN(CC(C)C(=O)OC)C(=O)/C=C/c1ccc(F)cc1. The summed E-state index contributed by atoms with van der Waals surface area (Å²) in [4.78, 5) is 25.8. The molecule has 138 valence electrons. The summed E-state index contributed by atoms with van der Waals surface area (Å²) in [7, 11) is 1.35. The quantitative estimate of drug-likeness (QED) is 0.364. The Bertz CT molecular complexity index is 569. The van der Waals surface area contributed by atoms with Crippen molar-refractivity contribution in [2.45, 2.75) is 39.5 Å². The molecule has 0 heterocycles. The summed E-state index contributed by atoms with van der Waals surface area (Å²) >= 11 is 0. The van der Waals surface area contributed by atoms with Crippen molar-refractivity contribution >= 4 is 18.0 Å². The fraction of sp³-hybridized carbons (Fsp3) is 0.500. The Morgan fingerprint density at radius 2 is 1.88 bits per heavy atom. The molecule has 25 heavy (non-hydrogen) atoms. The zero-order valence-corrected chi connectivity index (χ0v) is 15.3. The predicted molar refractivity (Wildman–Crippen MR) is 97.3 cm³/mol. The zero-order valence-electron chi connectivity index (χ0n) is 15.3. The number of rotatable bonds is 10. The molecule has 0 aromatic heterocycles. The number of esters is 1. The molecule has 0 N–H and O–H groups in total. The molecule has 1 aromatic rings. The number of hydrogen-bond acceptors (Lipinski definition) is 3. The van der Waals surface area contributed by atoms with E-state index in [9.17, 15) is 14.0 Å². The summed E-state index contributed by atoms with van der Waals surface area (Å²) in [5, 5.41) is 0. The fourth-order valence-electron chi connectivity index (χ4n) is 2.47. The number of nitrogens with zero attached hydrogens (tertiary/aromatic N) is 1. The predicted octanol–water partition coefficient (Wildman–Crippen LogP) is 4.06. The van der Waals surface area contributed by atoms with Crippen LogP contribution in [0.4, 0.5) is 4.39 Å². The van der Waals surface area contributed by atoms with Gasteiger partial charge in [0, 0.05) is 19.2 Å². The van der Waals surface area contributed by atoms with Crippen LogP contribution in [0.15, 0.2) is 30.3 Å². The molecule has 0 aliphatic carbocycles. The maximum atomic E-state index is 12.9. The summed E-state index contributed by atoms with van der Waals surface area (Å²) in [6.07, 6.45) is 7.32. The van der Waals surface area contributed by atoms with Crippen LogP contribution in [0.5, 0.6) is 0 Å². The van der Waals surface area contributed by atoms with Crippen LogP contribution in [-0.4, -0.2) is 37.0 Å². The van der Waals surface area contributed by atoms with Gasteiger partial charge >= 0.3 is 5.97 Å². The molecule has 1 rings (SSSR count). The van der Waals surface area contributed by atoms with E-state index in [1.54, 1.807) is 30.0 Å². The lowest BCUT2D eigenvalue weighted by Crippen LogP contribution is -2.37. The molecule has 1 atom stereocenters. The van der Waals surface area contributed by atoms with Crippen LogP contribution in [-0.2, 0) is 14.3 Å². The lowest BCUT2D eigenvalue weighted by molar-refractivity contribution is -0.146. The Kier molecular flexibility index (Phi) is 9.51. The summed E-state index contributed by atoms with van der Waals surface area (Å²) in [6, 6.07) is 5.93. The second kappa shape index (κ2) is 11.4. The minimum Gasteiger partial charge on any atom is -0.469 e. The van der Waals surface area contributed by atoms with Gasteiger partial charge in [0.1, 0.15) is 5.82 Å². The van der Waals surface area contributed by atoms with Crippen LogP contribution < -0.4 is 0 Å². The highest BCUT2D eigenvalue weighted by atomic mass is 19.1. The fourth-order valence-corrected chi connectivity index (χ4v) is 2.47. The molecular weight excluding hydrogens is 321 g/mol. The van der Waals surface area contributed by atoms with E-state index < -0.39 is 0 Å². The van der Waals surface area contributed by atoms with Gasteiger partial charge in [-0.2, -0.15) is 0 Å². The molecule has 0 bridgehead atoms. The van der Waals surface area contributed by atoms with E-state index in [4.69, 9.17) is 4.74 Å². The van der Waals surface area contributed by atoms with Gasteiger partial charge in [0.25, 0.3) is 0 Å². The summed E-state index contributed by atoms with van der Waals surface area (Å²) in [6.45, 7) is 4.81. The highest BCUT2D eigenvalue weighted by Gasteiger charge is 2.20. The second-order valence-electron chi connectivity index (χ2n) is 6.15. The van der Waals surface area contributed by atoms with Crippen molar-refractivity contribution in [3.8, 4) is 0 Å². The molecule has 0 aliphatic heterocycles. The van der Waals surface area contributed by atoms with Crippen molar-refractivity contribution in [1.29, 1.82) is 0 Å². The van der Waals surface area contributed by atoms with Crippen LogP contribution >= 0.6 is 0 Å². The van der Waals surface area contributed by atoms with E-state index >= 15 is 0 Å². The number of ether oxygens (including phenoxy) is 1. The van der Waals surface area contributed by atoms with Gasteiger partial charge in [-0.1, -0.05) is 45.2 Å². The van der Waals surface area contributed by atoms with Gasteiger partial charge < -0.3 is 9.64 Å². The Morgan fingerprint density at radius 3 is 2.48 bits per heavy atom. The van der Waals surface area contributed by atoms with Gasteiger partial charge in [0.05, 0.1) is 13.0 Å². The van der Waals surface area contributed by atoms with Gasteiger partial charge in [-0.25, -0.2) is 4.39 Å². The van der Waals surface area contributed by atoms with Crippen molar-refractivity contribution in [2.75, 3.05) is 20.2 Å². The summed E-state index contributed by atoms with van der Waals surface area (Å²) < 4.78 is 17.7. The van der Waals surface area contributed by atoms with Crippen molar-refractivity contribution < 1.29 is 18.7 Å². The van der Waals surface area contributed by atoms with Crippen LogP contribution in [0.2, 0.25) is 0 Å². The van der Waals surface area contributed by atoms with Gasteiger partial charge in [-0.15, -0.1) is 0 Å². The highest BCUT2D eigenvalue weighted by Crippen LogP contribution is 2.09. The molecule has 5 heteroatoms. The number of halogens is 1. The lowest BCUT2D eigenvalue weighted by atomic mass is 10.1. The average Bonchev–Trinajstić information content (AvgIpc) is 2.62. The number of methoxy groups -OCH3 is 1. The van der Waals surface area contributed by atoms with Crippen molar-refractivity contribution in [3.63, 3.8) is 0 Å². The van der Waals surface area contributed by atoms with Gasteiger partial charge in [0.15, 0.2) is 0 Å². The Hall–Kier alpha value is -2.17. The number of benzene rings is 1. The minimum atomic E-state index is -0.376. The first-order valence-electron chi connectivity index (χ1n) is 8.78. The van der Waals surface area contributed by atoms with Gasteiger partial charge in [-0.3, -0.25) is 9.59 Å². The van der Waals surface area contributed by atoms with E-state index in [1.807, 2.05) is 0 Å². The molecule has 0 aliphatic rings. The molecule has 1 aromatic carbocycles. The second-order valence-corrected chi connectivity index (χ2v) is 6.15. The molecule has 1 unspecified atom stereocenters. The molecule has 0 radical (unpaired) electrons. The van der Waals surface area contributed by atoms with Crippen LogP contribution in [0.1, 0.15) is 45.1 Å². The average molecular weight is 349 g/mol. The Balaban J connectivity index is 2.72. The van der Waals surface area contributed by atoms with Gasteiger partial charge in [0.2, 0.25) is 5.91 Å². The number of carbonyl (C=O) groups is 2. The topological polar surface area (TPSA) is 46.6 Å². The Labute approximate surface area is 149 Å². The maximum Gasteiger partial charge on any atom is 0.310 e. The molecule has 0 fully saturated rings. The lowest BCUT2D eigenvalue weighted by Gasteiger charge is -2.24. The zero-order chi connectivity index (χ0) is 18.7. The molecule has 4 nitrogen and oxygen atoms in total. The first-order chi connectivity index (χ1) is 12.0. The van der Waals surface area contributed by atoms with Crippen molar-refractivity contribution in [2.24, 2.45) is 5.92 Å². The molecule has 0 saturated heterocycles. The standard InChI is InChI=1S/C20H28FNO3/c1-4-5-6-7-14-22(15-16(2)20(24)25-3)19(23)13-10-17-8-11-18(21)12-9-17/h8-13,16H,4-7,14-15H2,1-3H3/b13-10+. The number of hydrogen-bond donors (Lipinski definition) is 0. The van der Waals surface area contributed by atoms with E-state index in [0.29, 0.717) is 13.1 Å². The summed E-state index contributed by atoms with van der Waals surface area (Å²) in [5.41, 5.74) is 0.752. The number of carbonyl (C=O) groups excluding carboxylic acids is 2. The maximum absolute atomic E-state index is 12.9. The van der Waals surface area contributed by atoms with E-state index in [0.717, 1.165) is 31.2 Å². The third kappa shape index (κ3) is 7.96. The highest BCUT2D eigenvalue weighted by molar-refractivity contribution is 5.92. The first-order valence-corrected chi connectivity index (χ1v) is 8.78. The number of amides is 1. The van der Waals surface area contributed by atoms with Crippen molar-refractivity contribution in [1.82, 2.24) is 4.90 Å². The third-order valence-corrected chi connectivity index (χ3v) is 3.98. The first kappa shape index (κ1) is 20.9. The van der Waals surface area contributed by atoms with Gasteiger partial charge in [-0.05, 0) is 30.2 Å². The number of unbranched alkanes of at least 4 members (excludes halogenated alkanes) is 3. The van der Waals surface area contributed by atoms with Crippen LogP contribution in [0.3, 0.4) is 0 Å². The Morgan fingerprint density at radius 1 is 1.20 bits per heavy atom. The molecule has 0 saturated carbocycles. The normalized spacial score (nSPS) is 12.2. The van der Waals surface area contributed by atoms with E-state index in [-0.39, 0.29) is 23.6 Å². The molecular formula is C20H28FNO3.